The van der Waals surface area contributed by atoms with Gasteiger partial charge < -0.3 is 10.5 Å². The highest BCUT2D eigenvalue weighted by molar-refractivity contribution is 5.85. The predicted octanol–water partition coefficient (Wildman–Crippen LogP) is 1.12. The Morgan fingerprint density at radius 1 is 1.38 bits per heavy atom. The molecule has 0 saturated carbocycles. The van der Waals surface area contributed by atoms with E-state index in [4.69, 9.17) is 10.5 Å². The van der Waals surface area contributed by atoms with Crippen molar-refractivity contribution in [3.63, 3.8) is 0 Å². The Labute approximate surface area is 95.9 Å². The molecule has 5 heteroatoms. The van der Waals surface area contributed by atoms with E-state index in [-0.39, 0.29) is 5.92 Å². The SMILES string of the molecule is C[C@@H]1CCN(C(=O)OC(C)(C)C)[C@@H]1C(N)=O. The largest absolute Gasteiger partial charge is 0.444 e. The van der Waals surface area contributed by atoms with Crippen LogP contribution in [0.5, 0.6) is 0 Å². The van der Waals surface area contributed by atoms with E-state index in [2.05, 4.69) is 0 Å². The topological polar surface area (TPSA) is 72.6 Å². The molecule has 1 saturated heterocycles. The molecule has 1 aliphatic heterocycles. The maximum Gasteiger partial charge on any atom is 0.410 e. The molecule has 16 heavy (non-hydrogen) atoms. The van der Waals surface area contributed by atoms with Gasteiger partial charge in [-0.05, 0) is 33.1 Å². The second-order valence-corrected chi connectivity index (χ2v) is 5.29. The molecule has 0 unspecified atom stereocenters. The van der Waals surface area contributed by atoms with Gasteiger partial charge in [-0.3, -0.25) is 9.69 Å². The molecule has 2 atom stereocenters. The van der Waals surface area contributed by atoms with E-state index < -0.39 is 23.6 Å². The van der Waals surface area contributed by atoms with Gasteiger partial charge >= 0.3 is 6.09 Å². The predicted molar refractivity (Wildman–Crippen MR) is 59.7 cm³/mol. The van der Waals surface area contributed by atoms with Gasteiger partial charge in [0.15, 0.2) is 0 Å². The summed E-state index contributed by atoms with van der Waals surface area (Å²) in [4.78, 5) is 24.5. The summed E-state index contributed by atoms with van der Waals surface area (Å²) in [5, 5.41) is 0. The first-order valence-electron chi connectivity index (χ1n) is 5.51. The summed E-state index contributed by atoms with van der Waals surface area (Å²) in [6.07, 6.45) is 0.327. The van der Waals surface area contributed by atoms with Crippen LogP contribution >= 0.6 is 0 Å². The summed E-state index contributed by atoms with van der Waals surface area (Å²) < 4.78 is 5.23. The lowest BCUT2D eigenvalue weighted by molar-refractivity contribution is -0.123. The highest BCUT2D eigenvalue weighted by Crippen LogP contribution is 2.25. The molecular formula is C11H20N2O3. The Morgan fingerprint density at radius 2 is 1.94 bits per heavy atom. The highest BCUT2D eigenvalue weighted by atomic mass is 16.6. The van der Waals surface area contributed by atoms with Crippen LogP contribution in [0.2, 0.25) is 0 Å². The van der Waals surface area contributed by atoms with Crippen LogP contribution in [0, 0.1) is 5.92 Å². The minimum Gasteiger partial charge on any atom is -0.444 e. The number of rotatable bonds is 1. The van der Waals surface area contributed by atoms with Crippen LogP contribution < -0.4 is 5.73 Å². The van der Waals surface area contributed by atoms with Crippen LogP contribution in [0.25, 0.3) is 0 Å². The number of nitrogens with zero attached hydrogens (tertiary/aromatic N) is 1. The molecule has 1 aliphatic rings. The zero-order valence-electron chi connectivity index (χ0n) is 10.3. The first-order valence-corrected chi connectivity index (χ1v) is 5.51. The number of likely N-dealkylation sites (tertiary alicyclic amines) is 1. The van der Waals surface area contributed by atoms with Gasteiger partial charge in [0.2, 0.25) is 5.91 Å². The van der Waals surface area contributed by atoms with E-state index in [1.807, 2.05) is 6.92 Å². The van der Waals surface area contributed by atoms with Crippen LogP contribution in [-0.2, 0) is 9.53 Å². The second kappa shape index (κ2) is 4.31. The van der Waals surface area contributed by atoms with Crippen molar-refractivity contribution in [2.75, 3.05) is 6.54 Å². The Hall–Kier alpha value is -1.26. The smallest absolute Gasteiger partial charge is 0.410 e. The Bertz CT molecular complexity index is 296. The van der Waals surface area contributed by atoms with Crippen molar-refractivity contribution < 1.29 is 14.3 Å². The van der Waals surface area contributed by atoms with E-state index in [1.54, 1.807) is 20.8 Å². The van der Waals surface area contributed by atoms with Crippen molar-refractivity contribution in [1.82, 2.24) is 4.90 Å². The van der Waals surface area contributed by atoms with Crippen LogP contribution in [0.1, 0.15) is 34.1 Å². The van der Waals surface area contributed by atoms with Crippen molar-refractivity contribution in [2.24, 2.45) is 11.7 Å². The monoisotopic (exact) mass is 228 g/mol. The van der Waals surface area contributed by atoms with Gasteiger partial charge in [-0.15, -0.1) is 0 Å². The first-order chi connectivity index (χ1) is 7.22. The highest BCUT2D eigenvalue weighted by Gasteiger charge is 2.40. The molecule has 1 rings (SSSR count). The van der Waals surface area contributed by atoms with Gasteiger partial charge in [0.05, 0.1) is 0 Å². The lowest BCUT2D eigenvalue weighted by Gasteiger charge is -2.28. The number of nitrogens with two attached hydrogens (primary N) is 1. The average Bonchev–Trinajstić information content (AvgIpc) is 2.43. The minimum absolute atomic E-state index is 0.102. The van der Waals surface area contributed by atoms with Crippen molar-refractivity contribution >= 4 is 12.0 Å². The molecule has 0 aromatic rings. The summed E-state index contributed by atoms with van der Waals surface area (Å²) in [5.74, 6) is -0.360. The van der Waals surface area contributed by atoms with Crippen LogP contribution in [0.15, 0.2) is 0 Å². The maximum absolute atomic E-state index is 11.8. The first kappa shape index (κ1) is 12.8. The lowest BCUT2D eigenvalue weighted by atomic mass is 10.0. The van der Waals surface area contributed by atoms with E-state index in [1.165, 1.54) is 4.90 Å². The summed E-state index contributed by atoms with van der Waals surface area (Å²) in [7, 11) is 0. The Balaban J connectivity index is 2.73. The molecule has 5 nitrogen and oxygen atoms in total. The number of hydrogen-bond donors (Lipinski definition) is 1. The van der Waals surface area contributed by atoms with Crippen molar-refractivity contribution in [1.29, 1.82) is 0 Å². The van der Waals surface area contributed by atoms with Gasteiger partial charge in [0.1, 0.15) is 11.6 Å². The van der Waals surface area contributed by atoms with Crippen molar-refractivity contribution in [3.8, 4) is 0 Å². The molecule has 2 N–H and O–H groups in total. The second-order valence-electron chi connectivity index (χ2n) is 5.29. The molecule has 2 amide bonds. The maximum atomic E-state index is 11.8. The molecule has 0 aliphatic carbocycles. The standard InChI is InChI=1S/C11H20N2O3/c1-7-5-6-13(8(7)9(12)14)10(15)16-11(2,3)4/h7-8H,5-6H2,1-4H3,(H2,12,14)/t7-,8+/m1/s1. The van der Waals surface area contributed by atoms with Crippen molar-refractivity contribution in [2.45, 2.75) is 45.8 Å². The molecule has 0 bridgehead atoms. The van der Waals surface area contributed by atoms with Gasteiger partial charge in [-0.1, -0.05) is 6.92 Å². The molecule has 0 radical (unpaired) electrons. The molecule has 1 fully saturated rings. The van der Waals surface area contributed by atoms with Crippen LogP contribution in [0.4, 0.5) is 4.79 Å². The van der Waals surface area contributed by atoms with Gasteiger partial charge in [-0.25, -0.2) is 4.79 Å². The van der Waals surface area contributed by atoms with Gasteiger partial charge in [-0.2, -0.15) is 0 Å². The van der Waals surface area contributed by atoms with E-state index in [9.17, 15) is 9.59 Å². The number of amides is 2. The molecule has 92 valence electrons. The summed E-state index contributed by atoms with van der Waals surface area (Å²) >= 11 is 0. The Morgan fingerprint density at radius 3 is 2.38 bits per heavy atom. The normalized spacial score (nSPS) is 25.6. The summed E-state index contributed by atoms with van der Waals surface area (Å²) in [6.45, 7) is 7.83. The quantitative estimate of drug-likeness (QED) is 0.730. The number of hydrogen-bond acceptors (Lipinski definition) is 3. The molecule has 0 spiro atoms. The number of ether oxygens (including phenoxy) is 1. The van der Waals surface area contributed by atoms with Crippen molar-refractivity contribution in [3.05, 3.63) is 0 Å². The lowest BCUT2D eigenvalue weighted by Crippen LogP contribution is -2.47. The van der Waals surface area contributed by atoms with E-state index in [0.29, 0.717) is 6.54 Å². The van der Waals surface area contributed by atoms with Crippen LogP contribution in [-0.4, -0.2) is 35.1 Å². The third-order valence-corrected chi connectivity index (χ3v) is 2.62. The third kappa shape index (κ3) is 2.87. The van der Waals surface area contributed by atoms with E-state index in [0.717, 1.165) is 6.42 Å². The molecular weight excluding hydrogens is 208 g/mol. The van der Waals surface area contributed by atoms with Gasteiger partial charge in [0.25, 0.3) is 0 Å². The fourth-order valence-electron chi connectivity index (χ4n) is 1.91. The zero-order chi connectivity index (χ0) is 12.5. The molecule has 0 aromatic heterocycles. The average molecular weight is 228 g/mol. The molecule has 1 heterocycles. The van der Waals surface area contributed by atoms with Gasteiger partial charge in [0, 0.05) is 6.54 Å². The zero-order valence-corrected chi connectivity index (χ0v) is 10.3. The number of carbonyl (C=O) groups is 2. The minimum atomic E-state index is -0.550. The van der Waals surface area contributed by atoms with E-state index >= 15 is 0 Å². The summed E-state index contributed by atoms with van der Waals surface area (Å²) in [5.41, 5.74) is 4.74. The third-order valence-electron chi connectivity index (χ3n) is 2.62. The fourth-order valence-corrected chi connectivity index (χ4v) is 1.91. The number of carbonyl (C=O) groups excluding carboxylic acids is 2. The fraction of sp³-hybridized carbons (Fsp3) is 0.818. The van der Waals surface area contributed by atoms with Crippen LogP contribution in [0.3, 0.4) is 0 Å². The Kier molecular flexibility index (Phi) is 3.45. The summed E-state index contributed by atoms with van der Waals surface area (Å²) in [6, 6.07) is -0.533. The molecule has 0 aromatic carbocycles. The number of primary amides is 1.